The Morgan fingerprint density at radius 1 is 1.53 bits per heavy atom. The molecule has 80 valence electrons. The van der Waals surface area contributed by atoms with Crippen LogP contribution in [0.15, 0.2) is 18.2 Å². The van der Waals surface area contributed by atoms with Crippen molar-refractivity contribution in [2.24, 2.45) is 0 Å². The number of halogens is 2. The van der Waals surface area contributed by atoms with Crippen LogP contribution >= 0.6 is 11.6 Å². The Labute approximate surface area is 91.2 Å². The summed E-state index contributed by atoms with van der Waals surface area (Å²) in [7, 11) is 0. The van der Waals surface area contributed by atoms with Gasteiger partial charge >= 0.3 is 6.09 Å². The highest BCUT2D eigenvalue weighted by molar-refractivity contribution is 6.30. The first-order chi connectivity index (χ1) is 7.08. The summed E-state index contributed by atoms with van der Waals surface area (Å²) in [6.07, 6.45) is -0.872. The van der Waals surface area contributed by atoms with Crippen molar-refractivity contribution in [2.45, 2.75) is 19.1 Å². The van der Waals surface area contributed by atoms with Crippen LogP contribution < -0.4 is 5.32 Å². The zero-order chi connectivity index (χ0) is 11.0. The minimum absolute atomic E-state index is 0.0302. The van der Waals surface area contributed by atoms with Crippen LogP contribution in [0.4, 0.5) is 9.18 Å². The summed E-state index contributed by atoms with van der Waals surface area (Å²) in [5.74, 6) is -0.481. The summed E-state index contributed by atoms with van der Waals surface area (Å²) < 4.78 is 17.9. The van der Waals surface area contributed by atoms with Crippen LogP contribution in [0.3, 0.4) is 0 Å². The van der Waals surface area contributed by atoms with E-state index in [0.717, 1.165) is 0 Å². The van der Waals surface area contributed by atoms with Crippen LogP contribution in [0.5, 0.6) is 0 Å². The second-order valence-corrected chi connectivity index (χ2v) is 3.84. The molecule has 1 N–H and O–H groups in total. The van der Waals surface area contributed by atoms with Crippen molar-refractivity contribution in [3.8, 4) is 0 Å². The highest BCUT2D eigenvalue weighted by Crippen LogP contribution is 2.28. The van der Waals surface area contributed by atoms with E-state index in [9.17, 15) is 9.18 Å². The van der Waals surface area contributed by atoms with Gasteiger partial charge in [-0.3, -0.25) is 0 Å². The fourth-order valence-electron chi connectivity index (χ4n) is 1.56. The van der Waals surface area contributed by atoms with E-state index in [4.69, 9.17) is 16.3 Å². The first-order valence-corrected chi connectivity index (χ1v) is 4.88. The maximum atomic E-state index is 12.9. The van der Waals surface area contributed by atoms with Crippen LogP contribution in [-0.2, 0) is 4.74 Å². The van der Waals surface area contributed by atoms with Crippen molar-refractivity contribution in [2.75, 3.05) is 0 Å². The molecular formula is C10H9ClFNO2. The van der Waals surface area contributed by atoms with Crippen molar-refractivity contribution in [1.29, 1.82) is 0 Å². The van der Waals surface area contributed by atoms with Gasteiger partial charge in [0.2, 0.25) is 0 Å². The van der Waals surface area contributed by atoms with Gasteiger partial charge in [-0.1, -0.05) is 17.7 Å². The Balaban J connectivity index is 2.30. The molecule has 0 radical (unpaired) electrons. The van der Waals surface area contributed by atoms with Gasteiger partial charge in [-0.05, 0) is 24.6 Å². The Kier molecular flexibility index (Phi) is 2.52. The fraction of sp³-hybridized carbons (Fsp3) is 0.300. The van der Waals surface area contributed by atoms with Crippen LogP contribution in [0.1, 0.15) is 18.6 Å². The molecule has 1 saturated heterocycles. The van der Waals surface area contributed by atoms with Crippen LogP contribution in [-0.4, -0.2) is 12.1 Å². The maximum absolute atomic E-state index is 12.9. The molecule has 1 amide bonds. The minimum atomic E-state index is -0.481. The normalized spacial score (nSPS) is 24.9. The summed E-state index contributed by atoms with van der Waals surface area (Å²) in [5.41, 5.74) is 0.687. The van der Waals surface area contributed by atoms with E-state index in [1.165, 1.54) is 12.1 Å². The predicted molar refractivity (Wildman–Crippen MR) is 53.2 cm³/mol. The Morgan fingerprint density at radius 2 is 2.27 bits per heavy atom. The van der Waals surface area contributed by atoms with E-state index in [2.05, 4.69) is 5.32 Å². The third kappa shape index (κ3) is 1.90. The molecule has 0 aromatic heterocycles. The summed E-state index contributed by atoms with van der Waals surface area (Å²) in [6.45, 7) is 1.81. The molecule has 1 heterocycles. The first-order valence-electron chi connectivity index (χ1n) is 4.50. The molecule has 3 nitrogen and oxygen atoms in total. The number of nitrogens with one attached hydrogen (secondary N) is 1. The first kappa shape index (κ1) is 10.2. The highest BCUT2D eigenvalue weighted by atomic mass is 35.5. The average Bonchev–Trinajstić information content (AvgIpc) is 2.50. The van der Waals surface area contributed by atoms with E-state index in [0.29, 0.717) is 5.56 Å². The molecule has 1 aliphatic rings. The third-order valence-corrected chi connectivity index (χ3v) is 2.60. The van der Waals surface area contributed by atoms with E-state index < -0.39 is 18.0 Å². The van der Waals surface area contributed by atoms with Gasteiger partial charge in [0, 0.05) is 0 Å². The second kappa shape index (κ2) is 3.70. The van der Waals surface area contributed by atoms with Gasteiger partial charge in [0.05, 0.1) is 11.1 Å². The van der Waals surface area contributed by atoms with E-state index >= 15 is 0 Å². The maximum Gasteiger partial charge on any atom is 0.408 e. The van der Waals surface area contributed by atoms with E-state index in [-0.39, 0.29) is 11.1 Å². The molecule has 0 saturated carbocycles. The number of ether oxygens (including phenoxy) is 1. The monoisotopic (exact) mass is 229 g/mol. The molecule has 0 unspecified atom stereocenters. The van der Waals surface area contributed by atoms with Gasteiger partial charge in [0.1, 0.15) is 11.9 Å². The van der Waals surface area contributed by atoms with Crippen molar-refractivity contribution < 1.29 is 13.9 Å². The molecule has 15 heavy (non-hydrogen) atoms. The van der Waals surface area contributed by atoms with Crippen molar-refractivity contribution in [1.82, 2.24) is 5.32 Å². The zero-order valence-electron chi connectivity index (χ0n) is 7.96. The molecule has 0 aliphatic carbocycles. The van der Waals surface area contributed by atoms with E-state index in [1.807, 2.05) is 6.92 Å². The van der Waals surface area contributed by atoms with E-state index in [1.54, 1.807) is 6.07 Å². The number of rotatable bonds is 1. The molecular weight excluding hydrogens is 221 g/mol. The summed E-state index contributed by atoms with van der Waals surface area (Å²) in [5, 5.41) is 2.63. The SMILES string of the molecule is C[C@@H]1NC(=O)O[C@@H]1c1ccc(F)c(Cl)c1. The summed E-state index contributed by atoms with van der Waals surface area (Å²) in [6, 6.07) is 4.15. The van der Waals surface area contributed by atoms with Crippen LogP contribution in [0, 0.1) is 5.82 Å². The van der Waals surface area contributed by atoms with Gasteiger partial charge in [-0.25, -0.2) is 9.18 Å². The number of benzene rings is 1. The second-order valence-electron chi connectivity index (χ2n) is 3.43. The van der Waals surface area contributed by atoms with Crippen LogP contribution in [0.2, 0.25) is 5.02 Å². The molecule has 1 aromatic carbocycles. The Hall–Kier alpha value is -1.29. The lowest BCUT2D eigenvalue weighted by molar-refractivity contribution is 0.134. The highest BCUT2D eigenvalue weighted by Gasteiger charge is 2.31. The number of cyclic esters (lactones) is 1. The number of hydrogen-bond donors (Lipinski definition) is 1. The molecule has 2 rings (SSSR count). The fourth-order valence-corrected chi connectivity index (χ4v) is 1.75. The van der Waals surface area contributed by atoms with Crippen LogP contribution in [0.25, 0.3) is 0 Å². The molecule has 0 bridgehead atoms. The lowest BCUT2D eigenvalue weighted by atomic mass is 10.0. The average molecular weight is 230 g/mol. The van der Waals surface area contributed by atoms with Gasteiger partial charge in [0.15, 0.2) is 0 Å². The smallest absolute Gasteiger partial charge is 0.408 e. The Morgan fingerprint density at radius 3 is 2.80 bits per heavy atom. The third-order valence-electron chi connectivity index (χ3n) is 2.31. The van der Waals surface area contributed by atoms with Gasteiger partial charge in [0.25, 0.3) is 0 Å². The summed E-state index contributed by atoms with van der Waals surface area (Å²) in [4.78, 5) is 10.9. The molecule has 1 aromatic rings. The molecule has 2 atom stereocenters. The standard InChI is InChI=1S/C10H9ClFNO2/c1-5-9(15-10(14)13-5)6-2-3-8(12)7(11)4-6/h2-5,9H,1H3,(H,13,14)/t5-,9-/m0/s1. The van der Waals surface area contributed by atoms with Crippen molar-refractivity contribution in [3.05, 3.63) is 34.6 Å². The quantitative estimate of drug-likeness (QED) is 0.804. The van der Waals surface area contributed by atoms with Gasteiger partial charge in [-0.2, -0.15) is 0 Å². The number of alkyl carbamates (subject to hydrolysis) is 1. The van der Waals surface area contributed by atoms with Crippen molar-refractivity contribution in [3.63, 3.8) is 0 Å². The molecule has 1 aliphatic heterocycles. The largest absolute Gasteiger partial charge is 0.439 e. The lowest BCUT2D eigenvalue weighted by Gasteiger charge is -2.13. The number of hydrogen-bond acceptors (Lipinski definition) is 2. The Bertz CT molecular complexity index is 410. The van der Waals surface area contributed by atoms with Crippen molar-refractivity contribution >= 4 is 17.7 Å². The number of amides is 1. The lowest BCUT2D eigenvalue weighted by Crippen LogP contribution is -2.23. The molecule has 0 spiro atoms. The predicted octanol–water partition coefficient (Wildman–Crippen LogP) is 2.65. The number of carbonyl (C=O) groups excluding carboxylic acids is 1. The molecule has 1 fully saturated rings. The minimum Gasteiger partial charge on any atom is -0.439 e. The van der Waals surface area contributed by atoms with Gasteiger partial charge < -0.3 is 10.1 Å². The zero-order valence-corrected chi connectivity index (χ0v) is 8.72. The topological polar surface area (TPSA) is 38.3 Å². The van der Waals surface area contributed by atoms with Gasteiger partial charge in [-0.15, -0.1) is 0 Å². The summed E-state index contributed by atoms with van der Waals surface area (Å²) >= 11 is 5.64. The molecule has 5 heteroatoms. The number of carbonyl (C=O) groups is 1.